The Morgan fingerprint density at radius 1 is 1.56 bits per heavy atom. The van der Waals surface area contributed by atoms with Gasteiger partial charge < -0.3 is 19.9 Å². The van der Waals surface area contributed by atoms with Gasteiger partial charge in [0.05, 0.1) is 25.4 Å². The summed E-state index contributed by atoms with van der Waals surface area (Å²) in [5, 5.41) is 13.1. The molecule has 1 saturated heterocycles. The smallest absolute Gasteiger partial charge is 0.0897 e. The predicted molar refractivity (Wildman–Crippen MR) is 74.1 cm³/mol. The third kappa shape index (κ3) is 4.70. The number of rotatable bonds is 9. The van der Waals surface area contributed by atoms with Crippen LogP contribution in [0.3, 0.4) is 0 Å². The minimum absolute atomic E-state index is 0.247. The number of nitrogens with one attached hydrogen (secondary N) is 1. The topological polar surface area (TPSA) is 50.7 Å². The summed E-state index contributed by atoms with van der Waals surface area (Å²) in [5.41, 5.74) is 0. The van der Waals surface area contributed by atoms with Crippen LogP contribution in [-0.2, 0) is 9.47 Å². The van der Waals surface area contributed by atoms with Crippen molar-refractivity contribution in [3.05, 3.63) is 0 Å². The zero-order valence-electron chi connectivity index (χ0n) is 11.2. The van der Waals surface area contributed by atoms with Crippen molar-refractivity contribution in [2.45, 2.75) is 42.6 Å². The summed E-state index contributed by atoms with van der Waals surface area (Å²) in [7, 11) is 0. The fourth-order valence-electron chi connectivity index (χ4n) is 2.23. The minimum atomic E-state index is -0.413. The number of hydrogen-bond acceptors (Lipinski definition) is 5. The quantitative estimate of drug-likeness (QED) is 0.658. The lowest BCUT2D eigenvalue weighted by atomic mass is 10.2. The molecule has 2 N–H and O–H groups in total. The molecule has 2 rings (SSSR count). The monoisotopic (exact) mass is 275 g/mol. The third-order valence-corrected chi connectivity index (χ3v) is 5.12. The maximum atomic E-state index is 9.78. The summed E-state index contributed by atoms with van der Waals surface area (Å²) in [5.74, 6) is 0. The van der Waals surface area contributed by atoms with E-state index < -0.39 is 6.10 Å². The van der Waals surface area contributed by atoms with Crippen LogP contribution in [0, 0.1) is 0 Å². The van der Waals surface area contributed by atoms with Crippen LogP contribution in [0.1, 0.15) is 25.7 Å². The Labute approximate surface area is 114 Å². The van der Waals surface area contributed by atoms with Crippen molar-refractivity contribution in [3.63, 3.8) is 0 Å². The van der Waals surface area contributed by atoms with Crippen LogP contribution < -0.4 is 5.32 Å². The van der Waals surface area contributed by atoms with Crippen molar-refractivity contribution in [2.24, 2.45) is 0 Å². The SMILES string of the molecule is CSC1(CNCC(O)COCC2CCCO2)CC1. The molecule has 1 saturated carbocycles. The highest BCUT2D eigenvalue weighted by atomic mass is 32.2. The molecule has 2 atom stereocenters. The first kappa shape index (κ1) is 14.6. The Kier molecular flexibility index (Phi) is 5.76. The fourth-order valence-corrected chi connectivity index (χ4v) is 2.99. The molecule has 5 heteroatoms. The number of aliphatic hydroxyl groups is 1. The average Bonchev–Trinajstić information content (AvgIpc) is 2.96. The van der Waals surface area contributed by atoms with E-state index in [1.54, 1.807) is 0 Å². The lowest BCUT2D eigenvalue weighted by Crippen LogP contribution is -2.35. The molecule has 2 unspecified atom stereocenters. The molecule has 18 heavy (non-hydrogen) atoms. The van der Waals surface area contributed by atoms with Crippen molar-refractivity contribution in [2.75, 3.05) is 39.2 Å². The molecule has 1 aliphatic heterocycles. The molecular formula is C13H25NO3S. The largest absolute Gasteiger partial charge is 0.389 e. The summed E-state index contributed by atoms with van der Waals surface area (Å²) in [6, 6.07) is 0. The zero-order valence-corrected chi connectivity index (χ0v) is 12.0. The van der Waals surface area contributed by atoms with E-state index in [-0.39, 0.29) is 6.10 Å². The Balaban J connectivity index is 1.46. The van der Waals surface area contributed by atoms with Gasteiger partial charge in [-0.05, 0) is 31.9 Å². The molecule has 0 bridgehead atoms. The van der Waals surface area contributed by atoms with Crippen LogP contribution in [0.4, 0.5) is 0 Å². The van der Waals surface area contributed by atoms with Crippen LogP contribution in [-0.4, -0.2) is 61.2 Å². The molecule has 0 aromatic heterocycles. The number of aliphatic hydroxyl groups excluding tert-OH is 1. The number of ether oxygens (including phenoxy) is 2. The summed E-state index contributed by atoms with van der Waals surface area (Å²) >= 11 is 1.93. The van der Waals surface area contributed by atoms with Gasteiger partial charge >= 0.3 is 0 Å². The Bertz CT molecular complexity index is 242. The lowest BCUT2D eigenvalue weighted by molar-refractivity contribution is -0.0163. The van der Waals surface area contributed by atoms with E-state index in [0.717, 1.165) is 26.0 Å². The molecule has 0 aromatic carbocycles. The molecular weight excluding hydrogens is 250 g/mol. The second kappa shape index (κ2) is 7.10. The number of thioether (sulfide) groups is 1. The minimum Gasteiger partial charge on any atom is -0.389 e. The fraction of sp³-hybridized carbons (Fsp3) is 1.00. The van der Waals surface area contributed by atoms with E-state index in [2.05, 4.69) is 11.6 Å². The van der Waals surface area contributed by atoms with Crippen LogP contribution in [0.25, 0.3) is 0 Å². The van der Waals surface area contributed by atoms with Crippen LogP contribution in [0.2, 0.25) is 0 Å². The van der Waals surface area contributed by atoms with Crippen molar-refractivity contribution in [1.82, 2.24) is 5.32 Å². The van der Waals surface area contributed by atoms with Gasteiger partial charge in [-0.1, -0.05) is 0 Å². The van der Waals surface area contributed by atoms with E-state index in [0.29, 0.717) is 24.5 Å². The van der Waals surface area contributed by atoms with Crippen LogP contribution >= 0.6 is 11.8 Å². The van der Waals surface area contributed by atoms with E-state index >= 15 is 0 Å². The van der Waals surface area contributed by atoms with Gasteiger partial charge in [0.2, 0.25) is 0 Å². The molecule has 0 amide bonds. The second-order valence-corrected chi connectivity index (χ2v) is 6.62. The van der Waals surface area contributed by atoms with Gasteiger partial charge in [-0.3, -0.25) is 0 Å². The third-order valence-electron chi connectivity index (χ3n) is 3.71. The lowest BCUT2D eigenvalue weighted by Gasteiger charge is -2.17. The normalized spacial score (nSPS) is 27.3. The van der Waals surface area contributed by atoms with Gasteiger partial charge in [-0.15, -0.1) is 0 Å². The van der Waals surface area contributed by atoms with Gasteiger partial charge in [0.15, 0.2) is 0 Å². The first-order chi connectivity index (χ1) is 8.74. The van der Waals surface area contributed by atoms with Crippen LogP contribution in [0.5, 0.6) is 0 Å². The summed E-state index contributed by atoms with van der Waals surface area (Å²) < 4.78 is 11.4. The Morgan fingerprint density at radius 2 is 2.39 bits per heavy atom. The van der Waals surface area contributed by atoms with Gasteiger partial charge in [0.25, 0.3) is 0 Å². The Morgan fingerprint density at radius 3 is 3.00 bits per heavy atom. The highest BCUT2D eigenvalue weighted by Crippen LogP contribution is 2.46. The molecule has 1 aliphatic carbocycles. The number of hydrogen-bond donors (Lipinski definition) is 2. The van der Waals surface area contributed by atoms with Crippen LogP contribution in [0.15, 0.2) is 0 Å². The molecule has 106 valence electrons. The molecule has 0 radical (unpaired) electrons. The Hall–Kier alpha value is 0.190. The first-order valence-electron chi connectivity index (χ1n) is 6.87. The van der Waals surface area contributed by atoms with Crippen molar-refractivity contribution >= 4 is 11.8 Å². The summed E-state index contributed by atoms with van der Waals surface area (Å²) in [6.45, 7) is 3.49. The molecule has 1 heterocycles. The van der Waals surface area contributed by atoms with E-state index in [9.17, 15) is 5.11 Å². The van der Waals surface area contributed by atoms with Gasteiger partial charge in [0, 0.05) is 24.4 Å². The molecule has 2 aliphatic rings. The molecule has 4 nitrogen and oxygen atoms in total. The molecule has 0 spiro atoms. The van der Waals surface area contributed by atoms with Crippen molar-refractivity contribution < 1.29 is 14.6 Å². The maximum absolute atomic E-state index is 9.78. The van der Waals surface area contributed by atoms with E-state index in [1.807, 2.05) is 11.8 Å². The highest BCUT2D eigenvalue weighted by Gasteiger charge is 2.41. The first-order valence-corrected chi connectivity index (χ1v) is 8.10. The van der Waals surface area contributed by atoms with Crippen molar-refractivity contribution in [3.8, 4) is 0 Å². The average molecular weight is 275 g/mol. The van der Waals surface area contributed by atoms with E-state index in [1.165, 1.54) is 12.8 Å². The van der Waals surface area contributed by atoms with E-state index in [4.69, 9.17) is 9.47 Å². The van der Waals surface area contributed by atoms with Crippen molar-refractivity contribution in [1.29, 1.82) is 0 Å². The predicted octanol–water partition coefficient (Wildman–Crippen LogP) is 1.03. The van der Waals surface area contributed by atoms with Gasteiger partial charge in [-0.25, -0.2) is 0 Å². The van der Waals surface area contributed by atoms with Gasteiger partial charge in [0.1, 0.15) is 0 Å². The van der Waals surface area contributed by atoms with Gasteiger partial charge in [-0.2, -0.15) is 11.8 Å². The second-order valence-electron chi connectivity index (χ2n) is 5.34. The summed E-state index contributed by atoms with van der Waals surface area (Å²) in [4.78, 5) is 0. The molecule has 0 aromatic rings. The highest BCUT2D eigenvalue weighted by molar-refractivity contribution is 8.00. The maximum Gasteiger partial charge on any atom is 0.0897 e. The summed E-state index contributed by atoms with van der Waals surface area (Å²) in [6.07, 6.45) is 6.81. The standard InChI is InChI=1S/C13H25NO3S/c1-18-13(4-5-13)10-14-7-11(15)8-16-9-12-3-2-6-17-12/h11-12,14-15H,2-10H2,1H3. The molecule has 2 fully saturated rings. The zero-order chi connectivity index (χ0) is 12.8.